The Morgan fingerprint density at radius 2 is 1.74 bits per heavy atom. The first-order chi connectivity index (χ1) is 14.6. The highest BCUT2D eigenvalue weighted by Crippen LogP contribution is 2.32. The highest BCUT2D eigenvalue weighted by Gasteiger charge is 2.32. The van der Waals surface area contributed by atoms with Gasteiger partial charge >= 0.3 is 6.18 Å². The predicted octanol–water partition coefficient (Wildman–Crippen LogP) is 5.20. The van der Waals surface area contributed by atoms with Gasteiger partial charge in [0.2, 0.25) is 0 Å². The van der Waals surface area contributed by atoms with Crippen molar-refractivity contribution in [3.63, 3.8) is 0 Å². The van der Waals surface area contributed by atoms with Crippen LogP contribution < -0.4 is 4.90 Å². The molecule has 0 bridgehead atoms. The second-order valence-electron chi connectivity index (χ2n) is 8.29. The van der Waals surface area contributed by atoms with E-state index < -0.39 is 11.7 Å². The molecule has 4 nitrogen and oxygen atoms in total. The van der Waals surface area contributed by atoms with Crippen LogP contribution in [0.4, 0.5) is 18.9 Å². The van der Waals surface area contributed by atoms with Crippen LogP contribution in [-0.2, 0) is 6.18 Å². The lowest BCUT2D eigenvalue weighted by Crippen LogP contribution is -2.51. The summed E-state index contributed by atoms with van der Waals surface area (Å²) in [6, 6.07) is 11.2. The summed E-state index contributed by atoms with van der Waals surface area (Å²) in [7, 11) is 0. The van der Waals surface area contributed by atoms with Crippen LogP contribution in [0.5, 0.6) is 0 Å². The van der Waals surface area contributed by atoms with E-state index in [4.69, 9.17) is 0 Å². The lowest BCUT2D eigenvalue weighted by molar-refractivity contribution is -0.137. The monoisotopic (exact) mass is 429 g/mol. The van der Waals surface area contributed by atoms with Crippen LogP contribution in [0, 0.1) is 13.8 Å². The zero-order valence-electron chi connectivity index (χ0n) is 17.9. The van der Waals surface area contributed by atoms with Gasteiger partial charge in [-0.05, 0) is 50.6 Å². The van der Waals surface area contributed by atoms with E-state index in [1.54, 1.807) is 6.07 Å². The molecule has 1 saturated heterocycles. The molecule has 0 amide bonds. The van der Waals surface area contributed by atoms with Crippen molar-refractivity contribution in [3.05, 3.63) is 64.8 Å². The number of carbonyl (C=O) groups is 1. The number of aromatic nitrogens is 1. The second kappa shape index (κ2) is 8.04. The quantitative estimate of drug-likeness (QED) is 0.580. The zero-order valence-corrected chi connectivity index (χ0v) is 17.9. The van der Waals surface area contributed by atoms with Crippen molar-refractivity contribution in [1.82, 2.24) is 9.88 Å². The highest BCUT2D eigenvalue weighted by atomic mass is 19.4. The number of fused-ring (bicyclic) bond motifs is 1. The Bertz CT molecular complexity index is 1110. The Morgan fingerprint density at radius 3 is 2.42 bits per heavy atom. The molecule has 4 rings (SSSR count). The maximum atomic E-state index is 13.3. The molecule has 1 aliphatic heterocycles. The molecule has 7 heteroatoms. The summed E-state index contributed by atoms with van der Waals surface area (Å²) in [5, 5.41) is 0.933. The molecule has 0 saturated carbocycles. The summed E-state index contributed by atoms with van der Waals surface area (Å²) in [4.78, 5) is 20.7. The summed E-state index contributed by atoms with van der Waals surface area (Å²) in [6.07, 6.45) is -4.35. The molecule has 1 fully saturated rings. The van der Waals surface area contributed by atoms with Crippen molar-refractivity contribution in [1.29, 1.82) is 0 Å². The van der Waals surface area contributed by atoms with Crippen molar-refractivity contribution in [2.45, 2.75) is 33.0 Å². The number of piperazine rings is 1. The minimum absolute atomic E-state index is 0.0696. The number of hydrogen-bond acceptors (Lipinski definition) is 3. The summed E-state index contributed by atoms with van der Waals surface area (Å²) >= 11 is 0. The number of rotatable bonds is 4. The Hall–Kier alpha value is -2.80. The molecule has 0 aliphatic carbocycles. The van der Waals surface area contributed by atoms with Gasteiger partial charge < -0.3 is 9.88 Å². The number of hydrogen-bond donors (Lipinski definition) is 1. The minimum Gasteiger partial charge on any atom is -0.369 e. The number of alkyl halides is 3. The molecule has 31 heavy (non-hydrogen) atoms. The lowest BCUT2D eigenvalue weighted by atomic mass is 9.99. The molecular weight excluding hydrogens is 403 g/mol. The Kier molecular flexibility index (Phi) is 5.56. The first kappa shape index (κ1) is 21.4. The molecule has 2 aromatic carbocycles. The Labute approximate surface area is 179 Å². The summed E-state index contributed by atoms with van der Waals surface area (Å²) < 4.78 is 39.1. The van der Waals surface area contributed by atoms with Gasteiger partial charge in [0.05, 0.1) is 11.6 Å². The lowest BCUT2D eigenvalue weighted by Gasteiger charge is -2.38. The molecule has 1 N–H and O–H groups in total. The molecule has 164 valence electrons. The number of aryl methyl sites for hydroxylation is 2. The first-order valence-electron chi connectivity index (χ1n) is 10.4. The van der Waals surface area contributed by atoms with Crippen LogP contribution in [-0.4, -0.2) is 47.9 Å². The van der Waals surface area contributed by atoms with E-state index in [9.17, 15) is 18.0 Å². The molecule has 1 aliphatic rings. The molecule has 3 aromatic rings. The van der Waals surface area contributed by atoms with E-state index in [0.29, 0.717) is 31.9 Å². The van der Waals surface area contributed by atoms with E-state index in [1.807, 2.05) is 43.9 Å². The third-order valence-corrected chi connectivity index (χ3v) is 6.17. The zero-order chi connectivity index (χ0) is 22.3. The average Bonchev–Trinajstić information content (AvgIpc) is 3.07. The van der Waals surface area contributed by atoms with Crippen LogP contribution >= 0.6 is 0 Å². The summed E-state index contributed by atoms with van der Waals surface area (Å²) in [5.41, 5.74) is 3.61. The van der Waals surface area contributed by atoms with Crippen LogP contribution in [0.25, 0.3) is 10.9 Å². The van der Waals surface area contributed by atoms with Gasteiger partial charge in [-0.1, -0.05) is 18.2 Å². The number of Topliss-reactive ketones (excluding diaryl/α,β-unsaturated/α-hetero) is 1. The van der Waals surface area contributed by atoms with E-state index in [0.717, 1.165) is 33.8 Å². The molecule has 1 unspecified atom stereocenters. The maximum absolute atomic E-state index is 13.3. The number of nitrogens with zero attached hydrogens (tertiary/aromatic N) is 2. The summed E-state index contributed by atoms with van der Waals surface area (Å²) in [5.74, 6) is 0.0696. The van der Waals surface area contributed by atoms with Gasteiger partial charge in [0.1, 0.15) is 0 Å². The van der Waals surface area contributed by atoms with Crippen molar-refractivity contribution in [2.24, 2.45) is 0 Å². The maximum Gasteiger partial charge on any atom is 0.416 e. The van der Waals surface area contributed by atoms with Crippen molar-refractivity contribution in [2.75, 3.05) is 31.1 Å². The molecule has 0 spiro atoms. The summed E-state index contributed by atoms with van der Waals surface area (Å²) in [6.45, 7) is 8.22. The van der Waals surface area contributed by atoms with E-state index in [1.165, 1.54) is 12.1 Å². The van der Waals surface area contributed by atoms with Crippen LogP contribution in [0.15, 0.2) is 42.5 Å². The number of carbonyl (C=O) groups excluding carboxylic acids is 1. The Balaban J connectivity index is 1.47. The average molecular weight is 429 g/mol. The van der Waals surface area contributed by atoms with E-state index in [-0.39, 0.29) is 11.8 Å². The van der Waals surface area contributed by atoms with E-state index >= 15 is 0 Å². The second-order valence-corrected chi connectivity index (χ2v) is 8.29. The smallest absolute Gasteiger partial charge is 0.369 e. The standard InChI is InChI=1S/C24H26F3N3O/c1-15-7-8-20-21(13-15)28-16(2)22(20)23(31)17(3)29-9-11-30(12-10-29)19-6-4-5-18(14-19)24(25,26)27/h4-8,13-14,17,28H,9-12H2,1-3H3. The fourth-order valence-corrected chi connectivity index (χ4v) is 4.38. The van der Waals surface area contributed by atoms with Gasteiger partial charge in [0.25, 0.3) is 0 Å². The normalized spacial score (nSPS) is 16.6. The third-order valence-electron chi connectivity index (χ3n) is 6.17. The largest absolute Gasteiger partial charge is 0.416 e. The van der Waals surface area contributed by atoms with Crippen LogP contribution in [0.1, 0.15) is 34.1 Å². The number of aromatic amines is 1. The van der Waals surface area contributed by atoms with Gasteiger partial charge in [0, 0.05) is 54.0 Å². The fraction of sp³-hybridized carbons (Fsp3) is 0.375. The topological polar surface area (TPSA) is 39.3 Å². The molecule has 1 atom stereocenters. The minimum atomic E-state index is -4.35. The van der Waals surface area contributed by atoms with Gasteiger partial charge in [0.15, 0.2) is 5.78 Å². The number of halogens is 3. The molecular formula is C24H26F3N3O. The van der Waals surface area contributed by atoms with Gasteiger partial charge in [-0.2, -0.15) is 13.2 Å². The molecule has 0 radical (unpaired) electrons. The van der Waals surface area contributed by atoms with Crippen molar-refractivity contribution in [3.8, 4) is 0 Å². The number of benzene rings is 2. The molecule has 2 heterocycles. The van der Waals surface area contributed by atoms with Crippen molar-refractivity contribution >= 4 is 22.4 Å². The van der Waals surface area contributed by atoms with Gasteiger partial charge in [-0.15, -0.1) is 0 Å². The number of ketones is 1. The van der Waals surface area contributed by atoms with Crippen LogP contribution in [0.2, 0.25) is 0 Å². The van der Waals surface area contributed by atoms with Crippen molar-refractivity contribution < 1.29 is 18.0 Å². The predicted molar refractivity (Wildman–Crippen MR) is 117 cm³/mol. The van der Waals surface area contributed by atoms with Crippen LogP contribution in [0.3, 0.4) is 0 Å². The van der Waals surface area contributed by atoms with E-state index in [2.05, 4.69) is 9.88 Å². The number of nitrogens with one attached hydrogen (secondary N) is 1. The third kappa shape index (κ3) is 4.19. The first-order valence-corrected chi connectivity index (χ1v) is 10.4. The highest BCUT2D eigenvalue weighted by molar-refractivity contribution is 6.11. The van der Waals surface area contributed by atoms with Gasteiger partial charge in [-0.25, -0.2) is 0 Å². The fourth-order valence-electron chi connectivity index (χ4n) is 4.38. The number of H-pyrrole nitrogens is 1. The SMILES string of the molecule is Cc1ccc2c(C(=O)C(C)N3CCN(c4cccc(C(F)(F)F)c4)CC3)c(C)[nH]c2c1. The Morgan fingerprint density at radius 1 is 1.03 bits per heavy atom. The number of anilines is 1. The van der Waals surface area contributed by atoms with Gasteiger partial charge in [-0.3, -0.25) is 9.69 Å². The molecule has 1 aromatic heterocycles.